The number of rotatable bonds is 10. The van der Waals surface area contributed by atoms with Gasteiger partial charge in [-0.2, -0.15) is 0 Å². The van der Waals surface area contributed by atoms with E-state index in [0.29, 0.717) is 0 Å². The van der Waals surface area contributed by atoms with E-state index in [-0.39, 0.29) is 0 Å². The van der Waals surface area contributed by atoms with Crippen molar-refractivity contribution in [2.45, 2.75) is 0 Å². The van der Waals surface area contributed by atoms with Crippen LogP contribution >= 0.6 is 0 Å². The minimum atomic E-state index is 1.10. The topological polar surface area (TPSA) is 3.24 Å². The second-order valence-electron chi connectivity index (χ2n) is 15.4. The average molecular weight is 778 g/mol. The van der Waals surface area contributed by atoms with Crippen molar-refractivity contribution in [3.05, 3.63) is 261 Å². The number of para-hydroxylation sites is 1. The number of anilines is 3. The molecule has 0 radical (unpaired) electrons. The Bertz CT molecular complexity index is 2870. The van der Waals surface area contributed by atoms with Crippen molar-refractivity contribution in [3.8, 4) is 77.9 Å². The zero-order valence-electron chi connectivity index (χ0n) is 33.8. The lowest BCUT2D eigenvalue weighted by atomic mass is 9.92. The van der Waals surface area contributed by atoms with Crippen molar-refractivity contribution >= 4 is 17.1 Å². The predicted octanol–water partition coefficient (Wildman–Crippen LogP) is 16.8. The second-order valence-corrected chi connectivity index (χ2v) is 15.4. The molecule has 0 saturated carbocycles. The van der Waals surface area contributed by atoms with Crippen LogP contribution in [0.2, 0.25) is 0 Å². The lowest BCUT2D eigenvalue weighted by Crippen LogP contribution is -2.09. The maximum absolute atomic E-state index is 2.33. The van der Waals surface area contributed by atoms with Gasteiger partial charge in [-0.25, -0.2) is 0 Å². The molecule has 0 atom stereocenters. The summed E-state index contributed by atoms with van der Waals surface area (Å²) in [6.07, 6.45) is 0. The molecular formula is C60H43N. The number of hydrogen-bond donors (Lipinski definition) is 0. The SMILES string of the molecule is c1ccc(-c2ccc(-c3ccc(N(c4ccccc4)c4ccc(-c5cc(-c6ccc(-c7ccccc7)cc6)cc(-c6ccc(-c7ccccc7)cc6)c5)cc4)cc3)cc2)cc1. The highest BCUT2D eigenvalue weighted by Crippen LogP contribution is 2.39. The van der Waals surface area contributed by atoms with E-state index in [1.54, 1.807) is 0 Å². The standard InChI is InChI=1S/C60H43N/c1-5-13-44(14-6-1)47-21-23-50(24-22-47)51-33-37-59(38-34-51)61(58-19-11-4-12-20-58)60-39-35-54(36-40-60)57-42-55(52-29-25-48(26-30-52)45-15-7-2-8-16-45)41-56(43-57)53-31-27-49(28-32-53)46-17-9-3-10-18-46/h1-43H. The van der Waals surface area contributed by atoms with Crippen molar-refractivity contribution in [1.29, 1.82) is 0 Å². The van der Waals surface area contributed by atoms with Crippen LogP contribution in [0.25, 0.3) is 77.9 Å². The Morgan fingerprint density at radius 2 is 0.328 bits per heavy atom. The molecule has 10 rings (SSSR count). The van der Waals surface area contributed by atoms with E-state index in [0.717, 1.165) is 22.6 Å². The van der Waals surface area contributed by atoms with Gasteiger partial charge in [0, 0.05) is 17.1 Å². The summed E-state index contributed by atoms with van der Waals surface area (Å²) in [6.45, 7) is 0. The molecule has 0 spiro atoms. The highest BCUT2D eigenvalue weighted by Gasteiger charge is 2.15. The average Bonchev–Trinajstić information content (AvgIpc) is 3.36. The fourth-order valence-electron chi connectivity index (χ4n) is 8.21. The first-order valence-corrected chi connectivity index (χ1v) is 20.9. The zero-order valence-corrected chi connectivity index (χ0v) is 33.8. The molecule has 1 nitrogen and oxygen atoms in total. The fraction of sp³-hybridized carbons (Fsp3) is 0. The molecule has 10 aromatic rings. The number of nitrogens with zero attached hydrogens (tertiary/aromatic N) is 1. The maximum atomic E-state index is 2.33. The van der Waals surface area contributed by atoms with E-state index in [1.807, 2.05) is 0 Å². The first-order chi connectivity index (χ1) is 30.2. The fourth-order valence-corrected chi connectivity index (χ4v) is 8.21. The molecule has 0 aliphatic rings. The molecule has 288 valence electrons. The second kappa shape index (κ2) is 17.1. The zero-order chi connectivity index (χ0) is 40.8. The minimum absolute atomic E-state index is 1.10. The van der Waals surface area contributed by atoms with Crippen LogP contribution in [0.4, 0.5) is 17.1 Å². The van der Waals surface area contributed by atoms with Gasteiger partial charge in [-0.1, -0.05) is 206 Å². The minimum Gasteiger partial charge on any atom is -0.311 e. The van der Waals surface area contributed by atoms with Crippen LogP contribution in [0, 0.1) is 0 Å². The summed E-state index contributed by atoms with van der Waals surface area (Å²) in [5.41, 5.74) is 20.1. The molecule has 0 fully saturated rings. The van der Waals surface area contributed by atoms with Crippen molar-refractivity contribution in [3.63, 3.8) is 0 Å². The van der Waals surface area contributed by atoms with Gasteiger partial charge in [0.2, 0.25) is 0 Å². The van der Waals surface area contributed by atoms with E-state index < -0.39 is 0 Å². The molecule has 0 aliphatic carbocycles. The van der Waals surface area contributed by atoms with Crippen molar-refractivity contribution in [1.82, 2.24) is 0 Å². The van der Waals surface area contributed by atoms with Gasteiger partial charge in [-0.15, -0.1) is 0 Å². The normalized spacial score (nSPS) is 11.0. The molecule has 0 aliphatic heterocycles. The van der Waals surface area contributed by atoms with Crippen LogP contribution in [-0.4, -0.2) is 0 Å². The molecule has 0 saturated heterocycles. The van der Waals surface area contributed by atoms with Gasteiger partial charge in [0.1, 0.15) is 0 Å². The molecule has 0 aromatic heterocycles. The van der Waals surface area contributed by atoms with E-state index in [1.165, 1.54) is 72.3 Å². The third kappa shape index (κ3) is 8.19. The lowest BCUT2D eigenvalue weighted by molar-refractivity contribution is 1.28. The van der Waals surface area contributed by atoms with Crippen molar-refractivity contribution in [2.75, 3.05) is 4.90 Å². The summed E-state index contributed by atoms with van der Waals surface area (Å²) in [5, 5.41) is 0. The molecule has 0 heterocycles. The third-order valence-corrected chi connectivity index (χ3v) is 11.5. The first-order valence-electron chi connectivity index (χ1n) is 20.9. The Morgan fingerprint density at radius 1 is 0.148 bits per heavy atom. The maximum Gasteiger partial charge on any atom is 0.0462 e. The Labute approximate surface area is 359 Å². The smallest absolute Gasteiger partial charge is 0.0462 e. The Kier molecular flexibility index (Phi) is 10.4. The highest BCUT2D eigenvalue weighted by atomic mass is 15.1. The van der Waals surface area contributed by atoms with E-state index in [9.17, 15) is 0 Å². The Morgan fingerprint density at radius 3 is 0.590 bits per heavy atom. The summed E-state index contributed by atoms with van der Waals surface area (Å²) < 4.78 is 0. The van der Waals surface area contributed by atoms with Crippen LogP contribution in [0.1, 0.15) is 0 Å². The van der Waals surface area contributed by atoms with E-state index >= 15 is 0 Å². The highest BCUT2D eigenvalue weighted by molar-refractivity contribution is 5.85. The molecule has 10 aromatic carbocycles. The lowest BCUT2D eigenvalue weighted by Gasteiger charge is -2.26. The molecule has 0 unspecified atom stereocenters. The summed E-state index contributed by atoms with van der Waals surface area (Å²) in [7, 11) is 0. The quantitative estimate of drug-likeness (QED) is 0.134. The third-order valence-electron chi connectivity index (χ3n) is 11.5. The van der Waals surface area contributed by atoms with Crippen LogP contribution < -0.4 is 4.90 Å². The van der Waals surface area contributed by atoms with E-state index in [2.05, 4.69) is 266 Å². The van der Waals surface area contributed by atoms with Crippen molar-refractivity contribution in [2.24, 2.45) is 0 Å². The molecule has 1 heteroatoms. The van der Waals surface area contributed by atoms with Gasteiger partial charge in [0.25, 0.3) is 0 Å². The molecule has 0 bridgehead atoms. The monoisotopic (exact) mass is 777 g/mol. The summed E-state index contributed by atoms with van der Waals surface area (Å²) in [4.78, 5) is 2.33. The summed E-state index contributed by atoms with van der Waals surface area (Å²) in [5.74, 6) is 0. The Balaban J connectivity index is 0.984. The molecule has 0 N–H and O–H groups in total. The van der Waals surface area contributed by atoms with Gasteiger partial charge in [-0.05, 0) is 132 Å². The number of hydrogen-bond acceptors (Lipinski definition) is 1. The van der Waals surface area contributed by atoms with E-state index in [4.69, 9.17) is 0 Å². The molecule has 0 amide bonds. The molecule has 61 heavy (non-hydrogen) atoms. The van der Waals surface area contributed by atoms with Crippen LogP contribution in [-0.2, 0) is 0 Å². The van der Waals surface area contributed by atoms with Gasteiger partial charge in [0.05, 0.1) is 0 Å². The number of benzene rings is 10. The largest absolute Gasteiger partial charge is 0.311 e. The van der Waals surface area contributed by atoms with Gasteiger partial charge >= 0.3 is 0 Å². The van der Waals surface area contributed by atoms with Crippen molar-refractivity contribution < 1.29 is 0 Å². The first kappa shape index (κ1) is 37.3. The van der Waals surface area contributed by atoms with Gasteiger partial charge in [0.15, 0.2) is 0 Å². The summed E-state index contributed by atoms with van der Waals surface area (Å²) >= 11 is 0. The Hall–Kier alpha value is -8.00. The van der Waals surface area contributed by atoms with Crippen LogP contribution in [0.5, 0.6) is 0 Å². The van der Waals surface area contributed by atoms with Gasteiger partial charge in [-0.3, -0.25) is 0 Å². The summed E-state index contributed by atoms with van der Waals surface area (Å²) in [6, 6.07) is 93.9. The van der Waals surface area contributed by atoms with Gasteiger partial charge < -0.3 is 4.90 Å². The van der Waals surface area contributed by atoms with Crippen LogP contribution in [0.15, 0.2) is 261 Å². The van der Waals surface area contributed by atoms with Crippen LogP contribution in [0.3, 0.4) is 0 Å². The predicted molar refractivity (Wildman–Crippen MR) is 259 cm³/mol. The molecular weight excluding hydrogens is 735 g/mol.